The van der Waals surface area contributed by atoms with E-state index in [0.717, 1.165) is 18.5 Å². The van der Waals surface area contributed by atoms with Gasteiger partial charge in [-0.2, -0.15) is 0 Å². The minimum atomic E-state index is -0.415. The molecule has 8 heteroatoms. The van der Waals surface area contributed by atoms with E-state index in [0.29, 0.717) is 37.4 Å². The van der Waals surface area contributed by atoms with E-state index in [1.165, 1.54) is 12.1 Å². The van der Waals surface area contributed by atoms with Crippen molar-refractivity contribution in [3.8, 4) is 0 Å². The summed E-state index contributed by atoms with van der Waals surface area (Å²) in [5.41, 5.74) is 2.18. The number of amides is 2. The van der Waals surface area contributed by atoms with E-state index in [9.17, 15) is 19.7 Å². The highest BCUT2D eigenvalue weighted by atomic mass is 16.6. The standard InChI is InChI=1S/C21H22N4O4/c26-20(15-4-5-15)22-17-3-1-2-16(14-17)21(27)24-12-10-23(11-13-24)18-6-8-19(9-7-18)25(28)29/h1-3,6-9,14-15H,4-5,10-13H2,(H,22,26). The summed E-state index contributed by atoms with van der Waals surface area (Å²) in [6.45, 7) is 2.44. The van der Waals surface area contributed by atoms with Crippen LogP contribution in [0.1, 0.15) is 23.2 Å². The molecule has 1 aliphatic heterocycles. The van der Waals surface area contributed by atoms with Crippen LogP contribution >= 0.6 is 0 Å². The molecular weight excluding hydrogens is 372 g/mol. The summed E-state index contributed by atoms with van der Waals surface area (Å²) in [5, 5.41) is 13.7. The molecule has 1 heterocycles. The second-order valence-electron chi connectivity index (χ2n) is 7.40. The van der Waals surface area contributed by atoms with Crippen LogP contribution in [0.25, 0.3) is 0 Å². The van der Waals surface area contributed by atoms with Gasteiger partial charge >= 0.3 is 0 Å². The number of non-ortho nitro benzene ring substituents is 1. The summed E-state index contributed by atoms with van der Waals surface area (Å²) in [6.07, 6.45) is 1.87. The zero-order valence-electron chi connectivity index (χ0n) is 15.9. The van der Waals surface area contributed by atoms with E-state index in [1.54, 1.807) is 41.3 Å². The number of piperazine rings is 1. The van der Waals surface area contributed by atoms with Gasteiger partial charge in [0.2, 0.25) is 5.91 Å². The number of nitrogens with zero attached hydrogens (tertiary/aromatic N) is 3. The van der Waals surface area contributed by atoms with Gasteiger partial charge in [0.05, 0.1) is 4.92 Å². The second-order valence-corrected chi connectivity index (χ2v) is 7.40. The van der Waals surface area contributed by atoms with Crippen molar-refractivity contribution >= 4 is 28.9 Å². The van der Waals surface area contributed by atoms with Gasteiger partial charge in [-0.1, -0.05) is 6.07 Å². The third kappa shape index (κ3) is 4.37. The zero-order chi connectivity index (χ0) is 20.4. The van der Waals surface area contributed by atoms with Gasteiger partial charge in [-0.25, -0.2) is 0 Å². The summed E-state index contributed by atoms with van der Waals surface area (Å²) in [4.78, 5) is 39.1. The van der Waals surface area contributed by atoms with Crippen molar-refractivity contribution in [3.63, 3.8) is 0 Å². The fourth-order valence-electron chi connectivity index (χ4n) is 3.46. The van der Waals surface area contributed by atoms with Crippen LogP contribution in [0.4, 0.5) is 17.1 Å². The van der Waals surface area contributed by atoms with Crippen molar-refractivity contribution in [1.82, 2.24) is 4.90 Å². The lowest BCUT2D eigenvalue weighted by Gasteiger charge is -2.36. The van der Waals surface area contributed by atoms with Gasteiger partial charge in [0, 0.05) is 61.2 Å². The maximum absolute atomic E-state index is 12.9. The summed E-state index contributed by atoms with van der Waals surface area (Å²) in [7, 11) is 0. The molecule has 2 amide bonds. The van der Waals surface area contributed by atoms with E-state index in [4.69, 9.17) is 0 Å². The summed E-state index contributed by atoms with van der Waals surface area (Å²) in [5.74, 6) is 0.0732. The lowest BCUT2D eigenvalue weighted by atomic mass is 10.1. The van der Waals surface area contributed by atoms with Crippen LogP contribution in [-0.2, 0) is 4.79 Å². The van der Waals surface area contributed by atoms with E-state index in [2.05, 4.69) is 10.2 Å². The Morgan fingerprint density at radius 2 is 1.69 bits per heavy atom. The number of carbonyl (C=O) groups excluding carboxylic acids is 2. The Bertz CT molecular complexity index is 932. The molecule has 2 aromatic carbocycles. The van der Waals surface area contributed by atoms with Crippen LogP contribution < -0.4 is 10.2 Å². The normalized spacial score (nSPS) is 16.4. The van der Waals surface area contributed by atoms with Crippen molar-refractivity contribution < 1.29 is 14.5 Å². The Morgan fingerprint density at radius 1 is 1.00 bits per heavy atom. The first kappa shape index (κ1) is 18.9. The molecular formula is C21H22N4O4. The molecule has 8 nitrogen and oxygen atoms in total. The van der Waals surface area contributed by atoms with Gasteiger partial charge in [0.1, 0.15) is 0 Å². The molecule has 0 unspecified atom stereocenters. The largest absolute Gasteiger partial charge is 0.368 e. The highest BCUT2D eigenvalue weighted by Gasteiger charge is 2.29. The topological polar surface area (TPSA) is 95.8 Å². The third-order valence-electron chi connectivity index (χ3n) is 5.32. The number of hydrogen-bond acceptors (Lipinski definition) is 5. The monoisotopic (exact) mass is 394 g/mol. The van der Waals surface area contributed by atoms with Gasteiger partial charge in [-0.3, -0.25) is 19.7 Å². The molecule has 29 heavy (non-hydrogen) atoms. The number of nitrogens with one attached hydrogen (secondary N) is 1. The Kier molecular flexibility index (Phi) is 5.16. The first-order valence-electron chi connectivity index (χ1n) is 9.71. The quantitative estimate of drug-likeness (QED) is 0.621. The van der Waals surface area contributed by atoms with E-state index in [-0.39, 0.29) is 23.4 Å². The number of rotatable bonds is 5. The van der Waals surface area contributed by atoms with Crippen LogP contribution in [-0.4, -0.2) is 47.8 Å². The first-order chi connectivity index (χ1) is 14.0. The zero-order valence-corrected chi connectivity index (χ0v) is 15.9. The summed E-state index contributed by atoms with van der Waals surface area (Å²) in [6, 6.07) is 13.5. The van der Waals surface area contributed by atoms with E-state index < -0.39 is 4.92 Å². The lowest BCUT2D eigenvalue weighted by Crippen LogP contribution is -2.48. The average Bonchev–Trinajstić information content (AvgIpc) is 3.59. The maximum atomic E-state index is 12.9. The van der Waals surface area contributed by atoms with Crippen molar-refractivity contribution in [3.05, 3.63) is 64.2 Å². The molecule has 1 aliphatic carbocycles. The number of anilines is 2. The van der Waals surface area contributed by atoms with Gasteiger partial charge < -0.3 is 15.1 Å². The van der Waals surface area contributed by atoms with Crippen molar-refractivity contribution in [2.45, 2.75) is 12.8 Å². The fraction of sp³-hybridized carbons (Fsp3) is 0.333. The molecule has 1 saturated carbocycles. The number of nitro benzene ring substituents is 1. The van der Waals surface area contributed by atoms with Crippen LogP contribution in [0.2, 0.25) is 0 Å². The summed E-state index contributed by atoms with van der Waals surface area (Å²) < 4.78 is 0. The van der Waals surface area contributed by atoms with E-state index in [1.807, 2.05) is 0 Å². The first-order valence-corrected chi connectivity index (χ1v) is 9.71. The fourth-order valence-corrected chi connectivity index (χ4v) is 3.46. The molecule has 0 bridgehead atoms. The van der Waals surface area contributed by atoms with Gasteiger partial charge in [-0.15, -0.1) is 0 Å². The van der Waals surface area contributed by atoms with Crippen molar-refractivity contribution in [1.29, 1.82) is 0 Å². The Morgan fingerprint density at radius 3 is 2.31 bits per heavy atom. The molecule has 1 N–H and O–H groups in total. The average molecular weight is 394 g/mol. The molecule has 4 rings (SSSR count). The van der Waals surface area contributed by atoms with Gasteiger partial charge in [0.15, 0.2) is 0 Å². The molecule has 0 aromatic heterocycles. The number of hydrogen-bond donors (Lipinski definition) is 1. The van der Waals surface area contributed by atoms with E-state index >= 15 is 0 Å². The minimum Gasteiger partial charge on any atom is -0.368 e. The number of nitro groups is 1. The molecule has 2 aliphatic rings. The molecule has 150 valence electrons. The third-order valence-corrected chi connectivity index (χ3v) is 5.32. The number of carbonyl (C=O) groups is 2. The van der Waals surface area contributed by atoms with Crippen LogP contribution in [0.3, 0.4) is 0 Å². The van der Waals surface area contributed by atoms with Crippen molar-refractivity contribution in [2.75, 3.05) is 36.4 Å². The number of benzene rings is 2. The Balaban J connectivity index is 1.36. The van der Waals surface area contributed by atoms with Crippen LogP contribution in [0, 0.1) is 16.0 Å². The predicted octanol–water partition coefficient (Wildman–Crippen LogP) is 2.91. The molecule has 2 aromatic rings. The molecule has 2 fully saturated rings. The maximum Gasteiger partial charge on any atom is 0.269 e. The Hall–Kier alpha value is -3.42. The molecule has 0 atom stereocenters. The smallest absolute Gasteiger partial charge is 0.269 e. The molecule has 1 saturated heterocycles. The van der Waals surface area contributed by atoms with Gasteiger partial charge in [0.25, 0.3) is 11.6 Å². The van der Waals surface area contributed by atoms with Crippen LogP contribution in [0.5, 0.6) is 0 Å². The SMILES string of the molecule is O=C(Nc1cccc(C(=O)N2CCN(c3ccc([N+](=O)[O-])cc3)CC2)c1)C1CC1. The van der Waals surface area contributed by atoms with Crippen molar-refractivity contribution in [2.24, 2.45) is 5.92 Å². The molecule has 0 spiro atoms. The Labute approximate surface area is 168 Å². The minimum absolute atomic E-state index is 0.0197. The predicted molar refractivity (Wildman–Crippen MR) is 109 cm³/mol. The summed E-state index contributed by atoms with van der Waals surface area (Å²) >= 11 is 0. The highest BCUT2D eigenvalue weighted by molar-refractivity contribution is 5.98. The highest BCUT2D eigenvalue weighted by Crippen LogP contribution is 2.30. The lowest BCUT2D eigenvalue weighted by molar-refractivity contribution is -0.384. The second kappa shape index (κ2) is 7.90. The molecule has 0 radical (unpaired) electrons. The van der Waals surface area contributed by atoms with Gasteiger partial charge in [-0.05, 0) is 43.2 Å². The van der Waals surface area contributed by atoms with Crippen LogP contribution in [0.15, 0.2) is 48.5 Å².